The molecule has 1 aliphatic rings. The molecule has 138 valence electrons. The van der Waals surface area contributed by atoms with Crippen LogP contribution in [0.1, 0.15) is 26.8 Å². The lowest BCUT2D eigenvalue weighted by molar-refractivity contribution is -0.927. The molecule has 0 saturated heterocycles. The average Bonchev–Trinajstić information content (AvgIpc) is 3.20. The summed E-state index contributed by atoms with van der Waals surface area (Å²) in [7, 11) is 3.30. The molecule has 0 radical (unpaired) electrons. The van der Waals surface area contributed by atoms with Crippen LogP contribution in [0.3, 0.4) is 0 Å². The molecule has 0 bridgehead atoms. The first-order valence-corrected chi connectivity index (χ1v) is 9.57. The van der Waals surface area contributed by atoms with Crippen molar-refractivity contribution in [1.29, 1.82) is 0 Å². The molecule has 6 heteroatoms. The molecule has 2 N–H and O–H groups in total. The standard InChI is InChI=1S/C20H24N2O3S/c1-4-8-22-9-7-14-11-17(24-2)18(25-3)12-15(14)16(22)13-21-20(23)19-6-5-10-26-19/h4-6,10-12,16H,1,7-9,13H2,2-3H3,(H,21,23)/p+1/t16-/m0/s1. The fraction of sp³-hybridized carbons (Fsp3) is 0.350. The molecule has 26 heavy (non-hydrogen) atoms. The van der Waals surface area contributed by atoms with Crippen molar-refractivity contribution >= 4 is 17.2 Å². The second-order valence-corrected chi connectivity index (χ2v) is 7.24. The van der Waals surface area contributed by atoms with Crippen molar-refractivity contribution in [3.8, 4) is 11.5 Å². The van der Waals surface area contributed by atoms with Gasteiger partial charge in [0.15, 0.2) is 11.5 Å². The third kappa shape index (κ3) is 3.76. The third-order valence-electron chi connectivity index (χ3n) is 4.85. The molecule has 2 heterocycles. The fourth-order valence-electron chi connectivity index (χ4n) is 3.54. The Morgan fingerprint density at radius 1 is 1.38 bits per heavy atom. The second kappa shape index (κ2) is 8.38. The number of ether oxygens (including phenoxy) is 2. The minimum atomic E-state index is -0.0226. The maximum atomic E-state index is 12.4. The maximum absolute atomic E-state index is 12.4. The van der Waals surface area contributed by atoms with Crippen LogP contribution in [0.4, 0.5) is 0 Å². The number of hydrogen-bond acceptors (Lipinski definition) is 4. The SMILES string of the molecule is C=CC[NH+]1CCc2cc(OC)c(OC)cc2[C@@H]1CNC(=O)c1cccs1. The van der Waals surface area contributed by atoms with Gasteiger partial charge in [-0.1, -0.05) is 12.6 Å². The summed E-state index contributed by atoms with van der Waals surface area (Å²) in [5, 5.41) is 5.01. The number of methoxy groups -OCH3 is 2. The molecule has 1 unspecified atom stereocenters. The summed E-state index contributed by atoms with van der Waals surface area (Å²) < 4.78 is 10.9. The number of carbonyl (C=O) groups is 1. The van der Waals surface area contributed by atoms with Crippen molar-refractivity contribution in [1.82, 2.24) is 5.32 Å². The zero-order valence-electron chi connectivity index (χ0n) is 15.2. The Labute approximate surface area is 158 Å². The maximum Gasteiger partial charge on any atom is 0.261 e. The Morgan fingerprint density at radius 3 is 2.81 bits per heavy atom. The number of carbonyl (C=O) groups excluding carboxylic acids is 1. The molecular weight excluding hydrogens is 348 g/mol. The van der Waals surface area contributed by atoms with Crippen molar-refractivity contribution < 1.29 is 19.2 Å². The molecular formula is C20H25N2O3S+. The smallest absolute Gasteiger partial charge is 0.261 e. The first-order chi connectivity index (χ1) is 12.7. The van der Waals surface area contributed by atoms with Gasteiger partial charge in [0.25, 0.3) is 5.91 Å². The van der Waals surface area contributed by atoms with E-state index in [-0.39, 0.29) is 11.9 Å². The quantitative estimate of drug-likeness (QED) is 0.729. The van der Waals surface area contributed by atoms with Crippen molar-refractivity contribution in [2.24, 2.45) is 0 Å². The molecule has 1 aromatic carbocycles. The van der Waals surface area contributed by atoms with Gasteiger partial charge >= 0.3 is 0 Å². The minimum absolute atomic E-state index is 0.0226. The third-order valence-corrected chi connectivity index (χ3v) is 5.72. The Morgan fingerprint density at radius 2 is 2.15 bits per heavy atom. The van der Waals surface area contributed by atoms with Crippen molar-refractivity contribution in [2.45, 2.75) is 12.5 Å². The molecule has 0 saturated carbocycles. The van der Waals surface area contributed by atoms with E-state index in [1.165, 1.54) is 27.4 Å². The lowest BCUT2D eigenvalue weighted by Crippen LogP contribution is -3.13. The second-order valence-electron chi connectivity index (χ2n) is 6.30. The van der Waals surface area contributed by atoms with Gasteiger partial charge in [-0.15, -0.1) is 11.3 Å². The number of quaternary nitrogens is 1. The largest absolute Gasteiger partial charge is 0.493 e. The van der Waals surface area contributed by atoms with Crippen LogP contribution in [-0.4, -0.2) is 39.8 Å². The summed E-state index contributed by atoms with van der Waals surface area (Å²) >= 11 is 1.45. The van der Waals surface area contributed by atoms with Crippen LogP contribution < -0.4 is 19.7 Å². The number of benzene rings is 1. The van der Waals surface area contributed by atoms with Crippen molar-refractivity contribution in [2.75, 3.05) is 33.9 Å². The summed E-state index contributed by atoms with van der Waals surface area (Å²) in [6, 6.07) is 8.00. The van der Waals surface area contributed by atoms with Gasteiger partial charge < -0.3 is 19.7 Å². The van der Waals surface area contributed by atoms with Crippen LogP contribution in [0, 0.1) is 0 Å². The van der Waals surface area contributed by atoms with Gasteiger partial charge in [0.05, 0.1) is 38.7 Å². The van der Waals surface area contributed by atoms with Gasteiger partial charge in [0, 0.05) is 12.0 Å². The van der Waals surface area contributed by atoms with Gasteiger partial charge in [-0.2, -0.15) is 0 Å². The van der Waals surface area contributed by atoms with E-state index in [0.29, 0.717) is 6.54 Å². The number of amides is 1. The fourth-order valence-corrected chi connectivity index (χ4v) is 4.18. The van der Waals surface area contributed by atoms with Gasteiger partial charge in [0.2, 0.25) is 0 Å². The van der Waals surface area contributed by atoms with Gasteiger partial charge in [-0.05, 0) is 35.2 Å². The Hall–Kier alpha value is -2.31. The van der Waals surface area contributed by atoms with Crippen LogP contribution in [0.15, 0.2) is 42.3 Å². The monoisotopic (exact) mass is 373 g/mol. The normalized spacial score (nSPS) is 18.7. The summed E-state index contributed by atoms with van der Waals surface area (Å²) in [6.07, 6.45) is 2.91. The lowest BCUT2D eigenvalue weighted by Gasteiger charge is -2.34. The molecule has 0 spiro atoms. The highest BCUT2D eigenvalue weighted by atomic mass is 32.1. The van der Waals surface area contributed by atoms with Crippen LogP contribution in [0.25, 0.3) is 0 Å². The van der Waals surface area contributed by atoms with Crippen LogP contribution >= 0.6 is 11.3 Å². The molecule has 2 aromatic rings. The topological polar surface area (TPSA) is 52.0 Å². The first kappa shape index (κ1) is 18.5. The number of nitrogens with one attached hydrogen (secondary N) is 2. The molecule has 5 nitrogen and oxygen atoms in total. The van der Waals surface area contributed by atoms with E-state index in [4.69, 9.17) is 9.47 Å². The summed E-state index contributed by atoms with van der Waals surface area (Å²) in [6.45, 7) is 6.31. The van der Waals surface area contributed by atoms with E-state index in [2.05, 4.69) is 24.0 Å². The highest BCUT2D eigenvalue weighted by Crippen LogP contribution is 2.34. The highest BCUT2D eigenvalue weighted by Gasteiger charge is 2.32. The highest BCUT2D eigenvalue weighted by molar-refractivity contribution is 7.12. The number of fused-ring (bicyclic) bond motifs is 1. The average molecular weight is 373 g/mol. The van der Waals surface area contributed by atoms with E-state index in [1.807, 2.05) is 23.6 Å². The van der Waals surface area contributed by atoms with Crippen molar-refractivity contribution in [3.63, 3.8) is 0 Å². The van der Waals surface area contributed by atoms with Crippen LogP contribution in [0.2, 0.25) is 0 Å². The minimum Gasteiger partial charge on any atom is -0.493 e. The summed E-state index contributed by atoms with van der Waals surface area (Å²) in [4.78, 5) is 14.5. The number of rotatable bonds is 7. The predicted molar refractivity (Wildman–Crippen MR) is 104 cm³/mol. The van der Waals surface area contributed by atoms with Crippen LogP contribution in [0.5, 0.6) is 11.5 Å². The Kier molecular flexibility index (Phi) is 5.96. The first-order valence-electron chi connectivity index (χ1n) is 8.70. The molecule has 1 aliphatic heterocycles. The van der Waals surface area contributed by atoms with E-state index in [0.717, 1.165) is 35.9 Å². The van der Waals surface area contributed by atoms with Crippen molar-refractivity contribution in [3.05, 3.63) is 58.3 Å². The zero-order chi connectivity index (χ0) is 18.5. The number of hydrogen-bond donors (Lipinski definition) is 2. The Balaban J connectivity index is 1.87. The van der Waals surface area contributed by atoms with E-state index < -0.39 is 0 Å². The molecule has 0 fully saturated rings. The number of thiophene rings is 1. The van der Waals surface area contributed by atoms with Crippen LogP contribution in [-0.2, 0) is 6.42 Å². The van der Waals surface area contributed by atoms with E-state index in [9.17, 15) is 4.79 Å². The molecule has 1 amide bonds. The molecule has 0 aliphatic carbocycles. The summed E-state index contributed by atoms with van der Waals surface area (Å²) in [5.74, 6) is 1.45. The van der Waals surface area contributed by atoms with Gasteiger partial charge in [-0.25, -0.2) is 0 Å². The lowest BCUT2D eigenvalue weighted by atomic mass is 9.91. The molecule has 3 rings (SSSR count). The summed E-state index contributed by atoms with van der Waals surface area (Å²) in [5.41, 5.74) is 2.46. The molecule has 2 atom stereocenters. The zero-order valence-corrected chi connectivity index (χ0v) is 16.0. The Bertz CT molecular complexity index is 774. The molecule has 1 aromatic heterocycles. The predicted octanol–water partition coefficient (Wildman–Crippen LogP) is 1.86. The van der Waals surface area contributed by atoms with Gasteiger partial charge in [-0.3, -0.25) is 4.79 Å². The van der Waals surface area contributed by atoms with E-state index >= 15 is 0 Å². The van der Waals surface area contributed by atoms with E-state index in [1.54, 1.807) is 14.2 Å². The van der Waals surface area contributed by atoms with Gasteiger partial charge in [0.1, 0.15) is 6.04 Å².